The fourth-order valence-corrected chi connectivity index (χ4v) is 2.08. The van der Waals surface area contributed by atoms with Crippen LogP contribution in [0.2, 0.25) is 0 Å². The van der Waals surface area contributed by atoms with E-state index in [0.29, 0.717) is 5.56 Å². The second-order valence-electron chi connectivity index (χ2n) is 3.02. The van der Waals surface area contributed by atoms with Crippen molar-refractivity contribution in [3.05, 3.63) is 23.8 Å². The third-order valence-corrected chi connectivity index (χ3v) is 2.94. The highest BCUT2D eigenvalue weighted by molar-refractivity contribution is 7.98. The zero-order valence-corrected chi connectivity index (χ0v) is 9.12. The van der Waals surface area contributed by atoms with Gasteiger partial charge in [0.15, 0.2) is 0 Å². The molecule has 1 rings (SSSR count). The van der Waals surface area contributed by atoms with Crippen molar-refractivity contribution in [2.45, 2.75) is 10.8 Å². The molecule has 82 valence electrons. The molecule has 0 spiro atoms. The van der Waals surface area contributed by atoms with Crippen LogP contribution in [0.4, 0.5) is 0 Å². The Labute approximate surface area is 92.1 Å². The molecule has 15 heavy (non-hydrogen) atoms. The van der Waals surface area contributed by atoms with Crippen molar-refractivity contribution in [3.63, 3.8) is 0 Å². The number of nitrogens with two attached hydrogens (primary N) is 1. The van der Waals surface area contributed by atoms with E-state index in [1.165, 1.54) is 17.8 Å². The quantitative estimate of drug-likeness (QED) is 0.674. The van der Waals surface area contributed by atoms with Gasteiger partial charge in [0, 0.05) is 17.0 Å². The molecule has 0 saturated heterocycles. The van der Waals surface area contributed by atoms with Gasteiger partial charge in [-0.3, -0.25) is 4.79 Å². The van der Waals surface area contributed by atoms with Crippen molar-refractivity contribution >= 4 is 17.7 Å². The lowest BCUT2D eigenvalue weighted by Gasteiger charge is -2.15. The monoisotopic (exact) mass is 227 g/mol. The maximum atomic E-state index is 11.0. The lowest BCUT2D eigenvalue weighted by molar-refractivity contribution is -0.138. The molecular weight excluding hydrogens is 214 g/mol. The Bertz CT molecular complexity index is 368. The number of aliphatic carboxylic acids is 1. The molecule has 0 amide bonds. The van der Waals surface area contributed by atoms with Gasteiger partial charge in [-0.15, -0.1) is 11.8 Å². The fourth-order valence-electron chi connectivity index (χ4n) is 1.40. The predicted octanol–water partition coefficient (Wildman–Crippen LogP) is 1.24. The first-order valence-corrected chi connectivity index (χ1v) is 5.63. The topological polar surface area (TPSA) is 83.5 Å². The van der Waals surface area contributed by atoms with Gasteiger partial charge in [0.05, 0.1) is 5.92 Å². The SMILES string of the molecule is CSc1cccc(O)c1C(CN)C(=O)O. The van der Waals surface area contributed by atoms with E-state index in [-0.39, 0.29) is 12.3 Å². The lowest BCUT2D eigenvalue weighted by Crippen LogP contribution is -2.21. The van der Waals surface area contributed by atoms with Gasteiger partial charge in [-0.05, 0) is 18.4 Å². The van der Waals surface area contributed by atoms with Gasteiger partial charge in [0.1, 0.15) is 5.75 Å². The Morgan fingerprint density at radius 3 is 2.73 bits per heavy atom. The zero-order valence-electron chi connectivity index (χ0n) is 8.30. The van der Waals surface area contributed by atoms with Crippen LogP contribution in [0.3, 0.4) is 0 Å². The number of hydrogen-bond donors (Lipinski definition) is 3. The molecular formula is C10H13NO3S. The molecule has 4 nitrogen and oxygen atoms in total. The number of carboxylic acid groups (broad SMARTS) is 1. The molecule has 1 unspecified atom stereocenters. The number of carboxylic acids is 1. The number of aromatic hydroxyl groups is 1. The normalized spacial score (nSPS) is 12.4. The average Bonchev–Trinajstić information content (AvgIpc) is 2.21. The molecule has 5 heteroatoms. The molecule has 0 bridgehead atoms. The third-order valence-electron chi connectivity index (χ3n) is 2.15. The Kier molecular flexibility index (Phi) is 3.99. The van der Waals surface area contributed by atoms with Crippen LogP contribution in [0.1, 0.15) is 11.5 Å². The van der Waals surface area contributed by atoms with E-state index >= 15 is 0 Å². The molecule has 0 radical (unpaired) electrons. The zero-order chi connectivity index (χ0) is 11.4. The summed E-state index contributed by atoms with van der Waals surface area (Å²) in [7, 11) is 0. The van der Waals surface area contributed by atoms with Crippen LogP contribution < -0.4 is 5.73 Å². The smallest absolute Gasteiger partial charge is 0.312 e. The van der Waals surface area contributed by atoms with E-state index in [1.54, 1.807) is 12.1 Å². The summed E-state index contributed by atoms with van der Waals surface area (Å²) in [6, 6.07) is 4.92. The Morgan fingerprint density at radius 1 is 1.60 bits per heavy atom. The molecule has 0 aliphatic heterocycles. The van der Waals surface area contributed by atoms with Crippen molar-refractivity contribution in [1.29, 1.82) is 0 Å². The second kappa shape index (κ2) is 5.04. The van der Waals surface area contributed by atoms with Crippen molar-refractivity contribution in [2.75, 3.05) is 12.8 Å². The van der Waals surface area contributed by atoms with Crippen LogP contribution >= 0.6 is 11.8 Å². The minimum absolute atomic E-state index is 0.0142. The molecule has 1 aromatic rings. The summed E-state index contributed by atoms with van der Waals surface area (Å²) in [6.07, 6.45) is 1.83. The standard InChI is InChI=1S/C10H13NO3S/c1-15-8-4-2-3-7(12)9(8)6(5-11)10(13)14/h2-4,6,12H,5,11H2,1H3,(H,13,14). The van der Waals surface area contributed by atoms with E-state index in [2.05, 4.69) is 0 Å². The van der Waals surface area contributed by atoms with Gasteiger partial charge in [-0.1, -0.05) is 6.07 Å². The van der Waals surface area contributed by atoms with Crippen molar-refractivity contribution in [1.82, 2.24) is 0 Å². The Balaban J connectivity index is 3.26. The molecule has 1 atom stereocenters. The molecule has 0 fully saturated rings. The largest absolute Gasteiger partial charge is 0.508 e. The van der Waals surface area contributed by atoms with Crippen LogP contribution in [-0.2, 0) is 4.79 Å². The van der Waals surface area contributed by atoms with Crippen LogP contribution in [0, 0.1) is 0 Å². The molecule has 1 aromatic carbocycles. The maximum absolute atomic E-state index is 11.0. The van der Waals surface area contributed by atoms with E-state index in [1.807, 2.05) is 6.26 Å². The van der Waals surface area contributed by atoms with E-state index < -0.39 is 11.9 Å². The van der Waals surface area contributed by atoms with Crippen molar-refractivity contribution in [3.8, 4) is 5.75 Å². The average molecular weight is 227 g/mol. The summed E-state index contributed by atoms with van der Waals surface area (Å²) >= 11 is 1.39. The van der Waals surface area contributed by atoms with Gasteiger partial charge in [-0.2, -0.15) is 0 Å². The Morgan fingerprint density at radius 2 is 2.27 bits per heavy atom. The van der Waals surface area contributed by atoms with Gasteiger partial charge in [0.25, 0.3) is 0 Å². The molecule has 4 N–H and O–H groups in total. The van der Waals surface area contributed by atoms with Gasteiger partial charge >= 0.3 is 5.97 Å². The number of carbonyl (C=O) groups is 1. The maximum Gasteiger partial charge on any atom is 0.312 e. The molecule has 0 aliphatic rings. The van der Waals surface area contributed by atoms with E-state index in [9.17, 15) is 9.90 Å². The lowest BCUT2D eigenvalue weighted by atomic mass is 9.98. The highest BCUT2D eigenvalue weighted by atomic mass is 32.2. The number of hydrogen-bond acceptors (Lipinski definition) is 4. The van der Waals surface area contributed by atoms with Gasteiger partial charge in [-0.25, -0.2) is 0 Å². The van der Waals surface area contributed by atoms with Gasteiger partial charge in [0.2, 0.25) is 0 Å². The summed E-state index contributed by atoms with van der Waals surface area (Å²) in [4.78, 5) is 11.7. The van der Waals surface area contributed by atoms with Gasteiger partial charge < -0.3 is 15.9 Å². The van der Waals surface area contributed by atoms with Crippen molar-refractivity contribution in [2.24, 2.45) is 5.73 Å². The number of phenolic OH excluding ortho intramolecular Hbond substituents is 1. The summed E-state index contributed by atoms with van der Waals surface area (Å²) in [5.74, 6) is -1.89. The number of benzene rings is 1. The summed E-state index contributed by atoms with van der Waals surface area (Å²) < 4.78 is 0. The highest BCUT2D eigenvalue weighted by Crippen LogP contribution is 2.34. The number of thioether (sulfide) groups is 1. The number of phenols is 1. The van der Waals surface area contributed by atoms with Crippen LogP contribution in [0.15, 0.2) is 23.1 Å². The predicted molar refractivity (Wildman–Crippen MR) is 59.3 cm³/mol. The van der Waals surface area contributed by atoms with E-state index in [0.717, 1.165) is 4.90 Å². The fraction of sp³-hybridized carbons (Fsp3) is 0.300. The minimum Gasteiger partial charge on any atom is -0.508 e. The van der Waals surface area contributed by atoms with Crippen LogP contribution in [0.25, 0.3) is 0 Å². The third kappa shape index (κ3) is 2.43. The second-order valence-corrected chi connectivity index (χ2v) is 3.87. The van der Waals surface area contributed by atoms with E-state index in [4.69, 9.17) is 10.8 Å². The Hall–Kier alpha value is -1.20. The minimum atomic E-state index is -1.02. The first-order chi connectivity index (χ1) is 7.11. The molecule has 0 heterocycles. The number of rotatable bonds is 4. The van der Waals surface area contributed by atoms with Crippen molar-refractivity contribution < 1.29 is 15.0 Å². The highest BCUT2D eigenvalue weighted by Gasteiger charge is 2.24. The summed E-state index contributed by atoms with van der Waals surface area (Å²) in [6.45, 7) is -0.0273. The van der Waals surface area contributed by atoms with Crippen LogP contribution in [-0.4, -0.2) is 29.0 Å². The first-order valence-electron chi connectivity index (χ1n) is 4.40. The summed E-state index contributed by atoms with van der Waals surface area (Å²) in [5, 5.41) is 18.6. The molecule has 0 aromatic heterocycles. The van der Waals surface area contributed by atoms with Crippen LogP contribution in [0.5, 0.6) is 5.75 Å². The molecule has 0 aliphatic carbocycles. The molecule has 0 saturated carbocycles. The first kappa shape index (κ1) is 11.9. The summed E-state index contributed by atoms with van der Waals surface area (Å²) in [5.41, 5.74) is 5.80.